The third-order valence-corrected chi connectivity index (χ3v) is 4.51. The number of hydrogen-bond donors (Lipinski definition) is 0. The summed E-state index contributed by atoms with van der Waals surface area (Å²) in [6.45, 7) is 8.10. The van der Waals surface area contributed by atoms with E-state index in [1.165, 1.54) is 5.57 Å². The monoisotopic (exact) mass is 355 g/mol. The molecule has 0 unspecified atom stereocenters. The van der Waals surface area contributed by atoms with Gasteiger partial charge in [0.25, 0.3) is 5.91 Å². The number of amides is 1. The molecule has 1 aromatic carbocycles. The van der Waals surface area contributed by atoms with Crippen LogP contribution in [-0.4, -0.2) is 23.9 Å². The molecule has 20 heavy (non-hydrogen) atoms. The molecule has 0 aromatic heterocycles. The Morgan fingerprint density at radius 2 is 2.05 bits per heavy atom. The Kier molecular flexibility index (Phi) is 4.60. The second-order valence-electron chi connectivity index (χ2n) is 6.10. The van der Waals surface area contributed by atoms with Crippen LogP contribution in [0.15, 0.2) is 34.3 Å². The highest BCUT2D eigenvalue weighted by atomic mass is 79.9. The van der Waals surface area contributed by atoms with E-state index in [1.807, 2.05) is 4.90 Å². The topological polar surface area (TPSA) is 20.3 Å². The molecule has 2 rings (SSSR count). The lowest BCUT2D eigenvalue weighted by molar-refractivity contribution is 0.0764. The summed E-state index contributed by atoms with van der Waals surface area (Å²) in [5.74, 6) is 0.0535. The van der Waals surface area contributed by atoms with Crippen LogP contribution in [0.1, 0.15) is 37.6 Å². The normalized spacial score (nSPS) is 16.1. The second-order valence-corrected chi connectivity index (χ2v) is 7.40. The Bertz CT molecular complexity index is 560. The summed E-state index contributed by atoms with van der Waals surface area (Å²) >= 11 is 9.32. The molecule has 1 heterocycles. The Hall–Kier alpha value is -0.800. The van der Waals surface area contributed by atoms with E-state index in [-0.39, 0.29) is 11.3 Å². The van der Waals surface area contributed by atoms with Crippen molar-refractivity contribution in [2.75, 3.05) is 13.1 Å². The maximum absolute atomic E-state index is 12.5. The predicted octanol–water partition coefficient (Wildman–Crippen LogP) is 4.92. The highest BCUT2D eigenvalue weighted by Gasteiger charge is 2.25. The first-order chi connectivity index (χ1) is 9.29. The van der Waals surface area contributed by atoms with Gasteiger partial charge in [0.2, 0.25) is 0 Å². The fraction of sp³-hybridized carbons (Fsp3) is 0.438. The van der Waals surface area contributed by atoms with E-state index in [1.54, 1.807) is 18.2 Å². The van der Waals surface area contributed by atoms with Crippen molar-refractivity contribution < 1.29 is 4.79 Å². The molecule has 108 valence electrons. The van der Waals surface area contributed by atoms with Gasteiger partial charge in [-0.3, -0.25) is 4.79 Å². The molecule has 4 heteroatoms. The summed E-state index contributed by atoms with van der Waals surface area (Å²) in [7, 11) is 0. The average molecular weight is 357 g/mol. The molecule has 0 saturated heterocycles. The minimum absolute atomic E-state index is 0.0535. The van der Waals surface area contributed by atoms with E-state index >= 15 is 0 Å². The highest BCUT2D eigenvalue weighted by molar-refractivity contribution is 9.10. The minimum Gasteiger partial charge on any atom is -0.335 e. The molecule has 1 aliphatic rings. The molecule has 0 fully saturated rings. The fourth-order valence-electron chi connectivity index (χ4n) is 2.37. The molecule has 0 atom stereocenters. The summed E-state index contributed by atoms with van der Waals surface area (Å²) in [5, 5.41) is 0.627. The van der Waals surface area contributed by atoms with Crippen LogP contribution in [0.3, 0.4) is 0 Å². The number of nitrogens with zero attached hydrogens (tertiary/aromatic N) is 1. The van der Waals surface area contributed by atoms with E-state index in [0.717, 1.165) is 17.4 Å². The number of carbonyl (C=O) groups is 1. The zero-order chi connectivity index (χ0) is 14.9. The van der Waals surface area contributed by atoms with E-state index in [4.69, 9.17) is 11.6 Å². The Morgan fingerprint density at radius 1 is 1.35 bits per heavy atom. The van der Waals surface area contributed by atoms with E-state index in [0.29, 0.717) is 17.1 Å². The molecule has 0 spiro atoms. The molecule has 0 bridgehead atoms. The van der Waals surface area contributed by atoms with Gasteiger partial charge in [-0.25, -0.2) is 0 Å². The molecule has 0 radical (unpaired) electrons. The van der Waals surface area contributed by atoms with Gasteiger partial charge >= 0.3 is 0 Å². The zero-order valence-corrected chi connectivity index (χ0v) is 14.4. The number of benzene rings is 1. The predicted molar refractivity (Wildman–Crippen MR) is 87.2 cm³/mol. The van der Waals surface area contributed by atoms with Crippen molar-refractivity contribution in [3.63, 3.8) is 0 Å². The first-order valence-corrected chi connectivity index (χ1v) is 7.90. The first kappa shape index (κ1) is 15.6. The van der Waals surface area contributed by atoms with Crippen molar-refractivity contribution in [2.45, 2.75) is 27.2 Å². The molecular weight excluding hydrogens is 338 g/mol. The molecular formula is C16H19BrClNO. The summed E-state index contributed by atoms with van der Waals surface area (Å²) < 4.78 is 0.751. The number of halogens is 2. The lowest BCUT2D eigenvalue weighted by Gasteiger charge is -2.32. The highest BCUT2D eigenvalue weighted by Crippen LogP contribution is 2.31. The SMILES string of the molecule is CC(C)(C)C1=CCN(C(=O)c2ccc(Cl)cc2Br)CC1. The van der Waals surface area contributed by atoms with Crippen LogP contribution in [0.2, 0.25) is 5.02 Å². The molecule has 1 amide bonds. The van der Waals surface area contributed by atoms with Crippen LogP contribution in [0.25, 0.3) is 0 Å². The van der Waals surface area contributed by atoms with Gasteiger partial charge in [0.05, 0.1) is 5.56 Å². The maximum Gasteiger partial charge on any atom is 0.255 e. The van der Waals surface area contributed by atoms with Crippen molar-refractivity contribution in [3.05, 3.63) is 44.9 Å². The molecule has 0 saturated carbocycles. The number of rotatable bonds is 1. The van der Waals surface area contributed by atoms with Gasteiger partial charge in [0, 0.05) is 22.6 Å². The van der Waals surface area contributed by atoms with Gasteiger partial charge in [0.15, 0.2) is 0 Å². The quantitative estimate of drug-likeness (QED) is 0.654. The maximum atomic E-state index is 12.5. The van der Waals surface area contributed by atoms with E-state index < -0.39 is 0 Å². The largest absolute Gasteiger partial charge is 0.335 e. The van der Waals surface area contributed by atoms with Crippen LogP contribution in [0.4, 0.5) is 0 Å². The first-order valence-electron chi connectivity index (χ1n) is 6.73. The molecule has 1 aliphatic heterocycles. The second kappa shape index (κ2) is 5.90. The van der Waals surface area contributed by atoms with E-state index in [2.05, 4.69) is 42.8 Å². The van der Waals surface area contributed by atoms with Crippen LogP contribution in [0.5, 0.6) is 0 Å². The van der Waals surface area contributed by atoms with Gasteiger partial charge in [-0.2, -0.15) is 0 Å². The average Bonchev–Trinajstić information content (AvgIpc) is 2.37. The Balaban J connectivity index is 2.14. The van der Waals surface area contributed by atoms with Gasteiger partial charge in [0.1, 0.15) is 0 Å². The number of hydrogen-bond acceptors (Lipinski definition) is 1. The Morgan fingerprint density at radius 3 is 2.55 bits per heavy atom. The molecule has 1 aromatic rings. The van der Waals surface area contributed by atoms with Gasteiger partial charge in [-0.1, -0.05) is 44.0 Å². The standard InChI is InChI=1S/C16H19BrClNO/c1-16(2,3)11-6-8-19(9-7-11)15(20)13-5-4-12(18)10-14(13)17/h4-6,10H,7-9H2,1-3H3. The van der Waals surface area contributed by atoms with Crippen LogP contribution in [0, 0.1) is 5.41 Å². The fourth-order valence-corrected chi connectivity index (χ4v) is 3.22. The lowest BCUT2D eigenvalue weighted by atomic mass is 9.83. The molecule has 0 aliphatic carbocycles. The lowest BCUT2D eigenvalue weighted by Crippen LogP contribution is -2.36. The van der Waals surface area contributed by atoms with Crippen molar-refractivity contribution in [1.29, 1.82) is 0 Å². The van der Waals surface area contributed by atoms with Crippen molar-refractivity contribution in [1.82, 2.24) is 4.90 Å². The molecule has 2 nitrogen and oxygen atoms in total. The van der Waals surface area contributed by atoms with Gasteiger partial charge < -0.3 is 4.90 Å². The van der Waals surface area contributed by atoms with Gasteiger partial charge in [-0.15, -0.1) is 0 Å². The molecule has 0 N–H and O–H groups in total. The summed E-state index contributed by atoms with van der Waals surface area (Å²) in [5.41, 5.74) is 2.29. The van der Waals surface area contributed by atoms with Gasteiger partial charge in [-0.05, 0) is 46.0 Å². The van der Waals surface area contributed by atoms with Crippen LogP contribution < -0.4 is 0 Å². The van der Waals surface area contributed by atoms with Crippen LogP contribution in [-0.2, 0) is 0 Å². The third-order valence-electron chi connectivity index (χ3n) is 3.62. The van der Waals surface area contributed by atoms with Crippen LogP contribution >= 0.6 is 27.5 Å². The zero-order valence-electron chi connectivity index (χ0n) is 12.0. The van der Waals surface area contributed by atoms with Crippen molar-refractivity contribution in [3.8, 4) is 0 Å². The van der Waals surface area contributed by atoms with E-state index in [9.17, 15) is 4.79 Å². The summed E-state index contributed by atoms with van der Waals surface area (Å²) in [4.78, 5) is 14.4. The number of carbonyl (C=O) groups excluding carboxylic acids is 1. The summed E-state index contributed by atoms with van der Waals surface area (Å²) in [6, 6.07) is 5.28. The minimum atomic E-state index is 0.0535. The summed E-state index contributed by atoms with van der Waals surface area (Å²) in [6.07, 6.45) is 3.13. The third kappa shape index (κ3) is 3.44. The van der Waals surface area contributed by atoms with Crippen molar-refractivity contribution in [2.24, 2.45) is 5.41 Å². The smallest absolute Gasteiger partial charge is 0.255 e. The van der Waals surface area contributed by atoms with Crippen molar-refractivity contribution >= 4 is 33.4 Å². The Labute approximate surface area is 133 Å².